The van der Waals surface area contributed by atoms with E-state index in [4.69, 9.17) is 0 Å². The smallest absolute Gasteiger partial charge is 0.209 e. The molecule has 0 aliphatic carbocycles. The van der Waals surface area contributed by atoms with Crippen LogP contribution in [0.3, 0.4) is 0 Å². The van der Waals surface area contributed by atoms with E-state index in [9.17, 15) is 4.39 Å². The number of aromatic amines is 1. The second-order valence-electron chi connectivity index (χ2n) is 5.88. The zero-order valence-electron chi connectivity index (χ0n) is 14.1. The van der Waals surface area contributed by atoms with Gasteiger partial charge in [-0.05, 0) is 42.3 Å². The van der Waals surface area contributed by atoms with Crippen LogP contribution >= 0.6 is 11.8 Å². The summed E-state index contributed by atoms with van der Waals surface area (Å²) in [5.74, 6) is 1.10. The van der Waals surface area contributed by atoms with Crippen molar-refractivity contribution in [3.05, 3.63) is 77.3 Å². The summed E-state index contributed by atoms with van der Waals surface area (Å²) in [5, 5.41) is 7.76. The van der Waals surface area contributed by atoms with Crippen molar-refractivity contribution >= 4 is 29.6 Å². The van der Waals surface area contributed by atoms with Crippen LogP contribution in [0, 0.1) is 12.7 Å². The zero-order valence-corrected chi connectivity index (χ0v) is 14.9. The van der Waals surface area contributed by atoms with Crippen LogP contribution in [0.2, 0.25) is 0 Å². The maximum atomic E-state index is 12.9. The second kappa shape index (κ2) is 7.13. The highest BCUT2D eigenvalue weighted by molar-refractivity contribution is 7.98. The summed E-state index contributed by atoms with van der Waals surface area (Å²) in [4.78, 5) is 9.02. The van der Waals surface area contributed by atoms with Gasteiger partial charge in [0.2, 0.25) is 5.16 Å². The number of rotatable bonds is 5. The van der Waals surface area contributed by atoms with Crippen molar-refractivity contribution in [2.75, 3.05) is 0 Å². The van der Waals surface area contributed by atoms with Gasteiger partial charge in [-0.2, -0.15) is 0 Å². The van der Waals surface area contributed by atoms with Crippen molar-refractivity contribution in [2.24, 2.45) is 0 Å². The van der Waals surface area contributed by atoms with E-state index >= 15 is 0 Å². The largest absolute Gasteiger partial charge is 0.307 e. The van der Waals surface area contributed by atoms with E-state index in [2.05, 4.69) is 33.3 Å². The van der Waals surface area contributed by atoms with E-state index in [1.54, 1.807) is 12.1 Å². The molecule has 5 nitrogen and oxygen atoms in total. The summed E-state index contributed by atoms with van der Waals surface area (Å²) < 4.78 is 14.9. The molecule has 0 atom stereocenters. The number of H-pyrrole nitrogens is 1. The van der Waals surface area contributed by atoms with E-state index in [-0.39, 0.29) is 5.82 Å². The van der Waals surface area contributed by atoms with Gasteiger partial charge in [-0.1, -0.05) is 36.0 Å². The highest BCUT2D eigenvalue weighted by Gasteiger charge is 2.06. The number of benzene rings is 1. The minimum atomic E-state index is -0.248. The van der Waals surface area contributed by atoms with Crippen LogP contribution in [-0.2, 0) is 5.75 Å². The van der Waals surface area contributed by atoms with E-state index in [0.717, 1.165) is 16.9 Å². The Morgan fingerprint density at radius 2 is 1.92 bits per heavy atom. The van der Waals surface area contributed by atoms with Crippen molar-refractivity contribution in [2.45, 2.75) is 17.8 Å². The summed E-state index contributed by atoms with van der Waals surface area (Å²) >= 11 is 1.52. The number of nitrogens with zero attached hydrogens (tertiary/aromatic N) is 4. The third kappa shape index (κ3) is 3.83. The van der Waals surface area contributed by atoms with Crippen molar-refractivity contribution in [3.8, 4) is 0 Å². The van der Waals surface area contributed by atoms with E-state index in [1.807, 2.05) is 34.9 Å². The third-order valence-electron chi connectivity index (χ3n) is 3.78. The van der Waals surface area contributed by atoms with Crippen LogP contribution < -0.4 is 0 Å². The Hall–Kier alpha value is -2.93. The molecule has 3 aromatic heterocycles. The molecule has 0 saturated heterocycles. The summed E-state index contributed by atoms with van der Waals surface area (Å²) in [5.41, 5.74) is 4.01. The third-order valence-corrected chi connectivity index (χ3v) is 4.66. The van der Waals surface area contributed by atoms with Crippen molar-refractivity contribution < 1.29 is 4.39 Å². The Morgan fingerprint density at radius 1 is 1.08 bits per heavy atom. The fraction of sp³-hybridized carbons (Fsp3) is 0.105. The molecule has 26 heavy (non-hydrogen) atoms. The molecule has 130 valence electrons. The molecule has 0 aliphatic heterocycles. The van der Waals surface area contributed by atoms with Crippen LogP contribution in [0.4, 0.5) is 4.39 Å². The Balaban J connectivity index is 1.40. The van der Waals surface area contributed by atoms with Crippen LogP contribution in [-0.4, -0.2) is 24.6 Å². The molecule has 7 heteroatoms. The number of pyridine rings is 1. The van der Waals surface area contributed by atoms with Crippen molar-refractivity contribution in [3.63, 3.8) is 0 Å². The van der Waals surface area contributed by atoms with Gasteiger partial charge < -0.3 is 4.40 Å². The number of fused-ring (bicyclic) bond motifs is 1. The molecule has 0 aliphatic rings. The minimum absolute atomic E-state index is 0.248. The van der Waals surface area contributed by atoms with Gasteiger partial charge in [-0.25, -0.2) is 14.4 Å². The zero-order chi connectivity index (χ0) is 17.9. The number of aryl methyl sites for hydroxylation is 1. The monoisotopic (exact) mass is 365 g/mol. The first-order chi connectivity index (χ1) is 12.7. The average Bonchev–Trinajstić information content (AvgIpc) is 3.25. The average molecular weight is 365 g/mol. The van der Waals surface area contributed by atoms with E-state index in [1.165, 1.54) is 29.5 Å². The molecule has 0 radical (unpaired) electrons. The Kier molecular flexibility index (Phi) is 4.53. The van der Waals surface area contributed by atoms with Crippen LogP contribution in [0.1, 0.15) is 22.6 Å². The first-order valence-electron chi connectivity index (χ1n) is 8.09. The molecule has 1 aromatic carbocycles. The summed E-state index contributed by atoms with van der Waals surface area (Å²) in [6.45, 7) is 2.06. The van der Waals surface area contributed by atoms with Gasteiger partial charge in [0.1, 0.15) is 17.3 Å². The Labute approximate surface area is 154 Å². The maximum absolute atomic E-state index is 12.9. The fourth-order valence-corrected chi connectivity index (χ4v) is 3.20. The molecule has 0 unspecified atom stereocenters. The summed E-state index contributed by atoms with van der Waals surface area (Å²) in [6.07, 6.45) is 7.76. The van der Waals surface area contributed by atoms with Gasteiger partial charge >= 0.3 is 0 Å². The molecule has 3 heterocycles. The first-order valence-corrected chi connectivity index (χ1v) is 9.07. The lowest BCUT2D eigenvalue weighted by Gasteiger charge is -1.93. The normalized spacial score (nSPS) is 11.6. The Bertz CT molecular complexity index is 1070. The lowest BCUT2D eigenvalue weighted by atomic mass is 10.2. The van der Waals surface area contributed by atoms with Gasteiger partial charge in [-0.15, -0.1) is 5.10 Å². The van der Waals surface area contributed by atoms with E-state index < -0.39 is 0 Å². The second-order valence-corrected chi connectivity index (χ2v) is 6.82. The van der Waals surface area contributed by atoms with Crippen LogP contribution in [0.15, 0.2) is 53.9 Å². The first kappa shape index (κ1) is 16.5. The molecule has 4 aromatic rings. The predicted octanol–water partition coefficient (Wildman–Crippen LogP) is 4.36. The maximum Gasteiger partial charge on any atom is 0.209 e. The lowest BCUT2D eigenvalue weighted by Crippen LogP contribution is -1.82. The minimum Gasteiger partial charge on any atom is -0.307 e. The van der Waals surface area contributed by atoms with Gasteiger partial charge in [0.05, 0.1) is 5.69 Å². The number of hydrogen-bond donors (Lipinski definition) is 1. The lowest BCUT2D eigenvalue weighted by molar-refractivity contribution is 0.628. The number of nitrogens with one attached hydrogen (secondary N) is 1. The Morgan fingerprint density at radius 3 is 2.77 bits per heavy atom. The number of halogens is 1. The van der Waals surface area contributed by atoms with Crippen molar-refractivity contribution in [1.29, 1.82) is 0 Å². The predicted molar refractivity (Wildman–Crippen MR) is 101 cm³/mol. The SMILES string of the molecule is Cc1ccc2nc(CSc3n[nH]c(/C=C/c4ccc(F)cc4)n3)cn2c1. The fourth-order valence-electron chi connectivity index (χ4n) is 2.51. The molecule has 0 bridgehead atoms. The van der Waals surface area contributed by atoms with Gasteiger partial charge in [0, 0.05) is 18.1 Å². The number of hydrogen-bond acceptors (Lipinski definition) is 4. The molecule has 0 fully saturated rings. The molecular formula is C19H16FN5S. The summed E-state index contributed by atoms with van der Waals surface area (Å²) in [7, 11) is 0. The topological polar surface area (TPSA) is 58.9 Å². The van der Waals surface area contributed by atoms with Gasteiger partial charge in [0.25, 0.3) is 0 Å². The molecule has 0 spiro atoms. The highest BCUT2D eigenvalue weighted by atomic mass is 32.2. The van der Waals surface area contributed by atoms with Gasteiger partial charge in [0.15, 0.2) is 0 Å². The molecular weight excluding hydrogens is 349 g/mol. The van der Waals surface area contributed by atoms with Crippen LogP contribution in [0.25, 0.3) is 17.8 Å². The van der Waals surface area contributed by atoms with Gasteiger partial charge in [-0.3, -0.25) is 5.10 Å². The van der Waals surface area contributed by atoms with Crippen molar-refractivity contribution in [1.82, 2.24) is 24.6 Å². The molecule has 4 rings (SSSR count). The standard InChI is InChI=1S/C19H16FN5S/c1-13-2-9-18-21-16(11-25(18)10-13)12-26-19-22-17(23-24-19)8-5-14-3-6-15(20)7-4-14/h2-11H,12H2,1H3,(H,22,23,24)/b8-5+. The molecule has 1 N–H and O–H groups in total. The number of aromatic nitrogens is 5. The van der Waals surface area contributed by atoms with Crippen LogP contribution in [0.5, 0.6) is 0 Å². The highest BCUT2D eigenvalue weighted by Crippen LogP contribution is 2.19. The quantitative estimate of drug-likeness (QED) is 0.534. The molecule has 0 amide bonds. The van der Waals surface area contributed by atoms with E-state index in [0.29, 0.717) is 16.7 Å². The molecule has 0 saturated carbocycles. The summed E-state index contributed by atoms with van der Waals surface area (Å²) in [6, 6.07) is 10.3. The number of imidazole rings is 1. The number of thioether (sulfide) groups is 1.